The SMILES string of the molecule is FC(F)(F)c1ccc(-c2[nH]ncc2CN2CCc3nc(-c4ccco4)ncc3C2)cc1. The van der Waals surface area contributed by atoms with Gasteiger partial charge in [0.1, 0.15) is 0 Å². The maximum absolute atomic E-state index is 12.8. The Balaban J connectivity index is 1.32. The van der Waals surface area contributed by atoms with Crippen molar-refractivity contribution in [2.24, 2.45) is 0 Å². The molecular weight excluding hydrogens is 407 g/mol. The normalized spacial score (nSPS) is 14.5. The third-order valence-corrected chi connectivity index (χ3v) is 5.37. The minimum Gasteiger partial charge on any atom is -0.461 e. The molecule has 6 nitrogen and oxygen atoms in total. The minimum absolute atomic E-state index is 0.580. The van der Waals surface area contributed by atoms with E-state index in [1.807, 2.05) is 12.3 Å². The highest BCUT2D eigenvalue weighted by atomic mass is 19.4. The molecule has 0 saturated heterocycles. The number of aromatic amines is 1. The Kier molecular flexibility index (Phi) is 4.82. The van der Waals surface area contributed by atoms with Crippen molar-refractivity contribution in [2.45, 2.75) is 25.7 Å². The Morgan fingerprint density at radius 3 is 2.68 bits per heavy atom. The number of aromatic nitrogens is 4. The van der Waals surface area contributed by atoms with E-state index in [2.05, 4.69) is 25.1 Å². The van der Waals surface area contributed by atoms with Crippen LogP contribution in [0, 0.1) is 0 Å². The summed E-state index contributed by atoms with van der Waals surface area (Å²) in [6.45, 7) is 2.11. The highest BCUT2D eigenvalue weighted by Gasteiger charge is 2.30. The maximum Gasteiger partial charge on any atom is 0.416 e. The molecule has 1 aromatic carbocycles. The number of nitrogens with one attached hydrogen (secondary N) is 1. The minimum atomic E-state index is -4.35. The van der Waals surface area contributed by atoms with Crippen molar-refractivity contribution in [3.8, 4) is 22.8 Å². The van der Waals surface area contributed by atoms with Crippen LogP contribution in [0.2, 0.25) is 0 Å². The average Bonchev–Trinajstić information content (AvgIpc) is 3.45. The van der Waals surface area contributed by atoms with Crippen LogP contribution in [0.1, 0.15) is 22.4 Å². The summed E-state index contributed by atoms with van der Waals surface area (Å²) >= 11 is 0. The fraction of sp³-hybridized carbons (Fsp3) is 0.227. The summed E-state index contributed by atoms with van der Waals surface area (Å²) in [6.07, 6.45) is 1.57. The van der Waals surface area contributed by atoms with E-state index < -0.39 is 11.7 Å². The van der Waals surface area contributed by atoms with Crippen LogP contribution in [0.3, 0.4) is 0 Å². The third-order valence-electron chi connectivity index (χ3n) is 5.37. The molecule has 1 aliphatic rings. The van der Waals surface area contributed by atoms with Crippen molar-refractivity contribution in [1.29, 1.82) is 0 Å². The van der Waals surface area contributed by atoms with Crippen LogP contribution in [0.15, 0.2) is 59.5 Å². The summed E-state index contributed by atoms with van der Waals surface area (Å²) in [4.78, 5) is 11.3. The summed E-state index contributed by atoms with van der Waals surface area (Å²) in [7, 11) is 0. The average molecular weight is 425 g/mol. The molecule has 9 heteroatoms. The fourth-order valence-corrected chi connectivity index (χ4v) is 3.78. The van der Waals surface area contributed by atoms with E-state index in [1.54, 1.807) is 18.5 Å². The van der Waals surface area contributed by atoms with Gasteiger partial charge < -0.3 is 4.42 Å². The first kappa shape index (κ1) is 19.5. The number of hydrogen-bond acceptors (Lipinski definition) is 5. The number of halogens is 3. The van der Waals surface area contributed by atoms with Crippen LogP contribution in [0.5, 0.6) is 0 Å². The molecule has 1 N–H and O–H groups in total. The second-order valence-corrected chi connectivity index (χ2v) is 7.45. The van der Waals surface area contributed by atoms with E-state index in [9.17, 15) is 13.2 Å². The monoisotopic (exact) mass is 425 g/mol. The molecule has 0 atom stereocenters. The molecule has 0 spiro atoms. The van der Waals surface area contributed by atoms with E-state index in [0.29, 0.717) is 30.2 Å². The zero-order chi connectivity index (χ0) is 21.4. The van der Waals surface area contributed by atoms with Crippen LogP contribution < -0.4 is 0 Å². The zero-order valence-corrected chi connectivity index (χ0v) is 16.4. The van der Waals surface area contributed by atoms with Gasteiger partial charge in [-0.3, -0.25) is 10.00 Å². The predicted molar refractivity (Wildman–Crippen MR) is 107 cm³/mol. The molecule has 3 aromatic heterocycles. The fourth-order valence-electron chi connectivity index (χ4n) is 3.78. The molecule has 0 saturated carbocycles. The second kappa shape index (κ2) is 7.66. The van der Waals surface area contributed by atoms with Crippen LogP contribution in [-0.2, 0) is 25.7 Å². The molecule has 158 valence electrons. The number of benzene rings is 1. The molecule has 0 radical (unpaired) electrons. The number of hydrogen-bond donors (Lipinski definition) is 1. The van der Waals surface area contributed by atoms with E-state index in [1.165, 1.54) is 12.1 Å². The summed E-state index contributed by atoms with van der Waals surface area (Å²) in [6, 6.07) is 8.75. The molecule has 31 heavy (non-hydrogen) atoms. The first-order valence-electron chi connectivity index (χ1n) is 9.78. The molecule has 0 fully saturated rings. The van der Waals surface area contributed by atoms with Gasteiger partial charge in [-0.15, -0.1) is 0 Å². The molecule has 5 rings (SSSR count). The summed E-state index contributed by atoms with van der Waals surface area (Å²) in [5.41, 5.74) is 3.72. The van der Waals surface area contributed by atoms with Gasteiger partial charge in [0.15, 0.2) is 11.6 Å². The number of alkyl halides is 3. The Bertz CT molecular complexity index is 1180. The van der Waals surface area contributed by atoms with Crippen molar-refractivity contribution in [3.63, 3.8) is 0 Å². The zero-order valence-electron chi connectivity index (χ0n) is 16.4. The quantitative estimate of drug-likeness (QED) is 0.513. The molecule has 0 bridgehead atoms. The van der Waals surface area contributed by atoms with Crippen LogP contribution in [0.25, 0.3) is 22.8 Å². The van der Waals surface area contributed by atoms with Gasteiger partial charge >= 0.3 is 6.18 Å². The Labute approximate surface area is 175 Å². The Morgan fingerprint density at radius 1 is 1.10 bits per heavy atom. The lowest BCUT2D eigenvalue weighted by molar-refractivity contribution is -0.137. The summed E-state index contributed by atoms with van der Waals surface area (Å²) in [5.74, 6) is 1.22. The van der Waals surface area contributed by atoms with Crippen LogP contribution >= 0.6 is 0 Å². The van der Waals surface area contributed by atoms with Crippen molar-refractivity contribution in [1.82, 2.24) is 25.1 Å². The van der Waals surface area contributed by atoms with Gasteiger partial charge in [-0.05, 0) is 29.8 Å². The maximum atomic E-state index is 12.8. The lowest BCUT2D eigenvalue weighted by Crippen LogP contribution is -2.31. The first-order valence-corrected chi connectivity index (χ1v) is 9.78. The van der Waals surface area contributed by atoms with Crippen molar-refractivity contribution in [3.05, 3.63) is 77.4 Å². The lowest BCUT2D eigenvalue weighted by atomic mass is 10.0. The predicted octanol–water partition coefficient (Wildman–Crippen LogP) is 4.70. The number of nitrogens with zero attached hydrogens (tertiary/aromatic N) is 4. The molecule has 0 aliphatic carbocycles. The van der Waals surface area contributed by atoms with Gasteiger partial charge in [-0.1, -0.05) is 12.1 Å². The highest BCUT2D eigenvalue weighted by Crippen LogP contribution is 2.32. The van der Waals surface area contributed by atoms with Gasteiger partial charge in [0.2, 0.25) is 0 Å². The van der Waals surface area contributed by atoms with Gasteiger partial charge in [0, 0.05) is 43.4 Å². The van der Waals surface area contributed by atoms with Gasteiger partial charge in [0.05, 0.1) is 29.4 Å². The molecule has 4 heterocycles. The second-order valence-electron chi connectivity index (χ2n) is 7.45. The Hall–Kier alpha value is -3.46. The molecular formula is C22H18F3N5O. The van der Waals surface area contributed by atoms with Gasteiger partial charge in [0.25, 0.3) is 0 Å². The molecule has 1 aliphatic heterocycles. The van der Waals surface area contributed by atoms with Gasteiger partial charge in [-0.2, -0.15) is 18.3 Å². The van der Waals surface area contributed by atoms with Crippen LogP contribution in [0.4, 0.5) is 13.2 Å². The van der Waals surface area contributed by atoms with Crippen molar-refractivity contribution in [2.75, 3.05) is 6.54 Å². The van der Waals surface area contributed by atoms with Crippen molar-refractivity contribution < 1.29 is 17.6 Å². The number of furan rings is 1. The number of rotatable bonds is 4. The van der Waals surface area contributed by atoms with Gasteiger partial charge in [-0.25, -0.2) is 9.97 Å². The lowest BCUT2D eigenvalue weighted by Gasteiger charge is -2.27. The topological polar surface area (TPSA) is 70.8 Å². The highest BCUT2D eigenvalue weighted by molar-refractivity contribution is 5.63. The van der Waals surface area contributed by atoms with E-state index in [0.717, 1.165) is 47.6 Å². The molecule has 0 unspecified atom stereocenters. The van der Waals surface area contributed by atoms with E-state index >= 15 is 0 Å². The molecule has 4 aromatic rings. The molecule has 0 amide bonds. The Morgan fingerprint density at radius 2 is 1.94 bits per heavy atom. The standard InChI is InChI=1S/C22H18F3N5O/c23-22(24,25)17-5-3-14(4-6-17)20-16(11-27-29-20)13-30-8-7-18-15(12-30)10-26-21(28-18)19-2-1-9-31-19/h1-6,9-11H,7-8,12-13H2,(H,27,29). The van der Waals surface area contributed by atoms with Crippen LogP contribution in [-0.4, -0.2) is 31.6 Å². The third kappa shape index (κ3) is 3.96. The van der Waals surface area contributed by atoms with Crippen molar-refractivity contribution >= 4 is 0 Å². The smallest absolute Gasteiger partial charge is 0.416 e. The number of fused-ring (bicyclic) bond motifs is 1. The van der Waals surface area contributed by atoms with E-state index in [4.69, 9.17) is 4.42 Å². The first-order chi connectivity index (χ1) is 15.0. The summed E-state index contributed by atoms with van der Waals surface area (Å²) in [5, 5.41) is 7.03. The number of H-pyrrole nitrogens is 1. The van der Waals surface area contributed by atoms with E-state index in [-0.39, 0.29) is 0 Å². The largest absolute Gasteiger partial charge is 0.461 e. The summed E-state index contributed by atoms with van der Waals surface area (Å²) < 4.78 is 43.9.